The number of benzene rings is 2. The molecule has 0 aliphatic carbocycles. The lowest BCUT2D eigenvalue weighted by Crippen LogP contribution is -2.42. The number of carbonyl (C=O) groups excluding carboxylic acids is 2. The van der Waals surface area contributed by atoms with E-state index in [-0.39, 0.29) is 11.8 Å². The van der Waals surface area contributed by atoms with Crippen LogP contribution < -0.4 is 10.3 Å². The third kappa shape index (κ3) is 4.44. The monoisotopic (exact) mass is 404 g/mol. The summed E-state index contributed by atoms with van der Waals surface area (Å²) in [6.45, 7) is 7.21. The Morgan fingerprint density at radius 1 is 1.07 bits per heavy atom. The third-order valence-corrected chi connectivity index (χ3v) is 5.81. The van der Waals surface area contributed by atoms with Crippen LogP contribution in [-0.2, 0) is 22.6 Å². The average Bonchev–Trinajstić information content (AvgIpc) is 2.75. The van der Waals surface area contributed by atoms with Gasteiger partial charge < -0.3 is 5.32 Å². The second-order valence-electron chi connectivity index (χ2n) is 8.09. The molecule has 0 saturated carbocycles. The number of hydrogen-bond acceptors (Lipinski definition) is 4. The van der Waals surface area contributed by atoms with Crippen molar-refractivity contribution in [2.45, 2.75) is 39.7 Å². The summed E-state index contributed by atoms with van der Waals surface area (Å²) in [7, 11) is 0. The molecule has 6 nitrogen and oxygen atoms in total. The summed E-state index contributed by atoms with van der Waals surface area (Å²) < 4.78 is 0. The topological polar surface area (TPSA) is 65.0 Å². The molecule has 2 aliphatic heterocycles. The quantitative estimate of drug-likeness (QED) is 0.833. The Kier molecular flexibility index (Phi) is 5.95. The van der Waals surface area contributed by atoms with Crippen molar-refractivity contribution in [1.29, 1.82) is 0 Å². The zero-order chi connectivity index (χ0) is 21.1. The number of hydrogen-bond donors (Lipinski definition) is 1. The van der Waals surface area contributed by atoms with Crippen LogP contribution in [0, 0.1) is 13.8 Å². The van der Waals surface area contributed by atoms with E-state index in [9.17, 15) is 9.59 Å². The molecule has 1 N–H and O–H groups in total. The fourth-order valence-electron chi connectivity index (χ4n) is 4.03. The molecule has 0 spiro atoms. The highest BCUT2D eigenvalue weighted by Crippen LogP contribution is 2.25. The molecule has 156 valence electrons. The van der Waals surface area contributed by atoms with Gasteiger partial charge in [0.05, 0.1) is 5.69 Å². The molecule has 0 bridgehead atoms. The first-order valence-corrected chi connectivity index (χ1v) is 10.6. The van der Waals surface area contributed by atoms with Gasteiger partial charge >= 0.3 is 0 Å². The molecule has 0 unspecified atom stereocenters. The molecule has 0 aromatic heterocycles. The summed E-state index contributed by atoms with van der Waals surface area (Å²) in [4.78, 5) is 27.5. The van der Waals surface area contributed by atoms with E-state index >= 15 is 0 Å². The van der Waals surface area contributed by atoms with Crippen LogP contribution in [-0.4, -0.2) is 42.1 Å². The van der Waals surface area contributed by atoms with Crippen LogP contribution in [0.5, 0.6) is 0 Å². The average molecular weight is 405 g/mol. The van der Waals surface area contributed by atoms with Gasteiger partial charge in [0.25, 0.3) is 5.91 Å². The van der Waals surface area contributed by atoms with Crippen molar-refractivity contribution in [3.05, 3.63) is 64.7 Å². The molecule has 2 aromatic carbocycles. The van der Waals surface area contributed by atoms with E-state index in [0.29, 0.717) is 25.1 Å². The maximum Gasteiger partial charge on any atom is 0.267 e. The van der Waals surface area contributed by atoms with Gasteiger partial charge in [-0.1, -0.05) is 36.4 Å². The Bertz CT molecular complexity index is 998. The fourth-order valence-corrected chi connectivity index (χ4v) is 4.03. The summed E-state index contributed by atoms with van der Waals surface area (Å²) in [6.07, 6.45) is 1.72. The minimum atomic E-state index is -0.185. The van der Waals surface area contributed by atoms with Gasteiger partial charge in [0, 0.05) is 39.0 Å². The van der Waals surface area contributed by atoms with Crippen LogP contribution in [0.25, 0.3) is 0 Å². The number of nitrogens with zero attached hydrogens (tertiary/aromatic N) is 3. The lowest BCUT2D eigenvalue weighted by atomic mass is 10.00. The van der Waals surface area contributed by atoms with E-state index < -0.39 is 0 Å². The summed E-state index contributed by atoms with van der Waals surface area (Å²) in [5, 5.41) is 8.78. The number of fused-ring (bicyclic) bond motifs is 1. The third-order valence-electron chi connectivity index (χ3n) is 5.81. The van der Waals surface area contributed by atoms with Crippen molar-refractivity contribution >= 4 is 23.2 Å². The van der Waals surface area contributed by atoms with E-state index in [4.69, 9.17) is 0 Å². The molecule has 0 fully saturated rings. The van der Waals surface area contributed by atoms with Crippen molar-refractivity contribution in [2.24, 2.45) is 5.10 Å². The molecule has 2 aliphatic rings. The van der Waals surface area contributed by atoms with Crippen molar-refractivity contribution in [2.75, 3.05) is 24.6 Å². The van der Waals surface area contributed by atoms with Gasteiger partial charge in [-0.2, -0.15) is 5.10 Å². The molecule has 30 heavy (non-hydrogen) atoms. The summed E-state index contributed by atoms with van der Waals surface area (Å²) in [6, 6.07) is 14.4. The molecule has 2 heterocycles. The van der Waals surface area contributed by atoms with E-state index in [0.717, 1.165) is 42.9 Å². The molecule has 2 aromatic rings. The molecule has 0 atom stereocenters. The molecule has 6 heteroatoms. The smallest absolute Gasteiger partial charge is 0.267 e. The van der Waals surface area contributed by atoms with E-state index in [1.165, 1.54) is 16.1 Å². The Morgan fingerprint density at radius 3 is 2.70 bits per heavy atom. The molecule has 4 rings (SSSR count). The van der Waals surface area contributed by atoms with Crippen LogP contribution in [0.1, 0.15) is 35.1 Å². The summed E-state index contributed by atoms with van der Waals surface area (Å²) in [5.41, 5.74) is 5.97. The minimum absolute atomic E-state index is 0.0766. The van der Waals surface area contributed by atoms with E-state index in [1.807, 2.05) is 32.0 Å². The maximum atomic E-state index is 12.7. The standard InChI is InChI=1S/C24H28N4O2/c1-17-7-8-18(2)22(15-17)28-23(29)10-9-21(26-28)24(30)25-12-14-27-13-11-19-5-3-4-6-20(19)16-27/h3-8,15H,9-14,16H2,1-2H3,(H,25,30). The van der Waals surface area contributed by atoms with Gasteiger partial charge in [0.1, 0.15) is 5.71 Å². The number of rotatable bonds is 5. The second kappa shape index (κ2) is 8.79. The highest BCUT2D eigenvalue weighted by Gasteiger charge is 2.26. The lowest BCUT2D eigenvalue weighted by Gasteiger charge is -2.29. The van der Waals surface area contributed by atoms with E-state index in [2.05, 4.69) is 39.6 Å². The Hall–Kier alpha value is -2.99. The van der Waals surface area contributed by atoms with Crippen molar-refractivity contribution in [1.82, 2.24) is 10.2 Å². The molecular weight excluding hydrogens is 376 g/mol. The van der Waals surface area contributed by atoms with Gasteiger partial charge in [-0.15, -0.1) is 0 Å². The summed E-state index contributed by atoms with van der Waals surface area (Å²) >= 11 is 0. The predicted molar refractivity (Wildman–Crippen MR) is 119 cm³/mol. The minimum Gasteiger partial charge on any atom is -0.350 e. The first kappa shape index (κ1) is 20.3. The Balaban J connectivity index is 1.36. The number of carbonyl (C=O) groups is 2. The molecule has 0 saturated heterocycles. The van der Waals surface area contributed by atoms with Crippen LogP contribution in [0.15, 0.2) is 47.6 Å². The lowest BCUT2D eigenvalue weighted by molar-refractivity contribution is -0.119. The molecule has 0 radical (unpaired) electrons. The summed E-state index contributed by atoms with van der Waals surface area (Å²) in [5.74, 6) is -0.262. The van der Waals surface area contributed by atoms with Gasteiger partial charge in [-0.3, -0.25) is 14.5 Å². The predicted octanol–water partition coefficient (Wildman–Crippen LogP) is 2.96. The highest BCUT2D eigenvalue weighted by atomic mass is 16.2. The number of nitrogens with one attached hydrogen (secondary N) is 1. The number of anilines is 1. The first-order valence-electron chi connectivity index (χ1n) is 10.6. The molecule has 2 amide bonds. The van der Waals surface area contributed by atoms with E-state index in [1.54, 1.807) is 0 Å². The van der Waals surface area contributed by atoms with Crippen molar-refractivity contribution in [3.63, 3.8) is 0 Å². The van der Waals surface area contributed by atoms with Crippen LogP contribution >= 0.6 is 0 Å². The first-order chi connectivity index (χ1) is 14.5. The molecular formula is C24H28N4O2. The van der Waals surface area contributed by atoms with Crippen molar-refractivity contribution < 1.29 is 9.59 Å². The Morgan fingerprint density at radius 2 is 1.87 bits per heavy atom. The van der Waals surface area contributed by atoms with Crippen molar-refractivity contribution in [3.8, 4) is 0 Å². The Labute approximate surface area is 177 Å². The zero-order valence-electron chi connectivity index (χ0n) is 17.6. The van der Waals surface area contributed by atoms with Crippen LogP contribution in [0.4, 0.5) is 5.69 Å². The van der Waals surface area contributed by atoms with Gasteiger partial charge in [-0.25, -0.2) is 5.01 Å². The number of hydrazone groups is 1. The number of amides is 2. The highest BCUT2D eigenvalue weighted by molar-refractivity contribution is 6.40. The normalized spacial score (nSPS) is 16.8. The van der Waals surface area contributed by atoms with Crippen LogP contribution in [0.2, 0.25) is 0 Å². The van der Waals surface area contributed by atoms with Crippen LogP contribution in [0.3, 0.4) is 0 Å². The largest absolute Gasteiger partial charge is 0.350 e. The maximum absolute atomic E-state index is 12.7. The number of aryl methyl sites for hydroxylation is 2. The SMILES string of the molecule is Cc1ccc(C)c(N2N=C(C(=O)NCCN3CCc4ccccc4C3)CCC2=O)c1. The second-order valence-corrected chi connectivity index (χ2v) is 8.09. The van der Waals surface area contributed by atoms with Gasteiger partial charge in [0.15, 0.2) is 0 Å². The van der Waals surface area contributed by atoms with Gasteiger partial charge in [0.2, 0.25) is 5.91 Å². The van der Waals surface area contributed by atoms with Gasteiger partial charge in [-0.05, 0) is 48.6 Å². The zero-order valence-corrected chi connectivity index (χ0v) is 17.6. The fraction of sp³-hybridized carbons (Fsp3) is 0.375.